The molecule has 2 heterocycles. The van der Waals surface area contributed by atoms with Crippen molar-refractivity contribution in [2.75, 3.05) is 6.61 Å². The van der Waals surface area contributed by atoms with Crippen LogP contribution in [0.2, 0.25) is 0 Å². The molecule has 0 spiro atoms. The Morgan fingerprint density at radius 2 is 1.89 bits per heavy atom. The molecule has 0 bridgehead atoms. The quantitative estimate of drug-likeness (QED) is 0.530. The molecule has 3 N–H and O–H groups in total. The first-order valence-corrected chi connectivity index (χ1v) is 13.1. The summed E-state index contributed by atoms with van der Waals surface area (Å²) in [5, 5.41) is 16.4. The molecule has 2 amide bonds. The number of aliphatic hydroxyl groups is 1. The van der Waals surface area contributed by atoms with E-state index in [9.17, 15) is 14.7 Å². The van der Waals surface area contributed by atoms with E-state index in [4.69, 9.17) is 9.47 Å². The van der Waals surface area contributed by atoms with Gasteiger partial charge < -0.3 is 25.2 Å². The maximum Gasteiger partial charge on any atom is 0.251 e. The van der Waals surface area contributed by atoms with E-state index in [1.54, 1.807) is 24.3 Å². The lowest BCUT2D eigenvalue weighted by molar-refractivity contribution is -0.123. The second-order valence-corrected chi connectivity index (χ2v) is 10.8. The highest BCUT2D eigenvalue weighted by Gasteiger charge is 2.43. The molecule has 1 saturated carbocycles. The number of carbonyl (C=O) groups is 2. The molecule has 192 valence electrons. The van der Waals surface area contributed by atoms with Crippen LogP contribution in [-0.4, -0.2) is 42.0 Å². The van der Waals surface area contributed by atoms with Crippen molar-refractivity contribution in [3.05, 3.63) is 42.1 Å². The number of hydrogen-bond donors (Lipinski definition) is 3. The van der Waals surface area contributed by atoms with Crippen LogP contribution < -0.4 is 15.4 Å². The van der Waals surface area contributed by atoms with E-state index in [0.29, 0.717) is 59.6 Å². The molecule has 7 heteroatoms. The van der Waals surface area contributed by atoms with Gasteiger partial charge in [0.15, 0.2) is 6.29 Å². The highest BCUT2D eigenvalue weighted by molar-refractivity contribution is 5.98. The predicted molar refractivity (Wildman–Crippen MR) is 134 cm³/mol. The molecule has 2 unspecified atom stereocenters. The topological polar surface area (TPSA) is 96.9 Å². The van der Waals surface area contributed by atoms with E-state index in [1.807, 2.05) is 0 Å². The number of aliphatic hydroxyl groups excluding tert-OH is 1. The zero-order chi connectivity index (χ0) is 25.1. The lowest BCUT2D eigenvalue weighted by Crippen LogP contribution is -2.49. The van der Waals surface area contributed by atoms with Crippen LogP contribution >= 0.6 is 0 Å². The molecule has 1 aromatic carbocycles. The second-order valence-electron chi connectivity index (χ2n) is 10.8. The minimum absolute atomic E-state index is 0.0328. The molecule has 3 aliphatic rings. The van der Waals surface area contributed by atoms with Gasteiger partial charge in [-0.05, 0) is 87.0 Å². The molecule has 2 saturated heterocycles. The molecular weight excluding hydrogens is 444 g/mol. The van der Waals surface area contributed by atoms with E-state index in [2.05, 4.69) is 38.0 Å². The summed E-state index contributed by atoms with van der Waals surface area (Å²) in [6, 6.07) is 6.12. The van der Waals surface area contributed by atoms with Gasteiger partial charge in [0.25, 0.3) is 5.91 Å². The zero-order valence-electron chi connectivity index (χ0n) is 21.2. The first-order chi connectivity index (χ1) is 16.7. The minimum Gasteiger partial charge on any atom is -0.465 e. The average molecular weight is 485 g/mol. The van der Waals surface area contributed by atoms with Gasteiger partial charge >= 0.3 is 0 Å². The first-order valence-electron chi connectivity index (χ1n) is 13.1. The third-order valence-electron chi connectivity index (χ3n) is 8.42. The highest BCUT2D eigenvalue weighted by Crippen LogP contribution is 2.46. The average Bonchev–Trinajstić information content (AvgIpc) is 3.03. The van der Waals surface area contributed by atoms with Gasteiger partial charge in [0.05, 0.1) is 12.7 Å². The number of rotatable bonds is 6. The highest BCUT2D eigenvalue weighted by atomic mass is 16.6. The SMILES string of the molecule is C=C1CC[C@H](NC(=O)c2ccc(O[C@@H](O)[C@H](C)[C@@H]3CC[C@@H](C)[C@@H]4CCC(C)OCC34)cc2)C(=O)N1. The number of hydrogen-bond acceptors (Lipinski definition) is 5. The van der Waals surface area contributed by atoms with E-state index in [1.165, 1.54) is 12.8 Å². The van der Waals surface area contributed by atoms with Gasteiger partial charge in [0.2, 0.25) is 5.91 Å². The molecule has 35 heavy (non-hydrogen) atoms. The number of carbonyl (C=O) groups excluding carboxylic acids is 2. The van der Waals surface area contributed by atoms with E-state index >= 15 is 0 Å². The van der Waals surface area contributed by atoms with Crippen molar-refractivity contribution in [2.45, 2.75) is 77.7 Å². The Morgan fingerprint density at radius 3 is 2.60 bits per heavy atom. The van der Waals surface area contributed by atoms with Crippen molar-refractivity contribution in [3.8, 4) is 5.75 Å². The zero-order valence-corrected chi connectivity index (χ0v) is 21.2. The van der Waals surface area contributed by atoms with Crippen LogP contribution in [0.4, 0.5) is 0 Å². The normalized spacial score (nSPS) is 33.0. The lowest BCUT2D eigenvalue weighted by Gasteiger charge is -2.44. The Hall–Kier alpha value is -2.38. The molecule has 8 atom stereocenters. The summed E-state index contributed by atoms with van der Waals surface area (Å²) in [7, 11) is 0. The number of ether oxygens (including phenoxy) is 2. The maximum absolute atomic E-state index is 12.6. The molecule has 3 fully saturated rings. The Bertz CT molecular complexity index is 916. The van der Waals surface area contributed by atoms with Crippen LogP contribution in [0.15, 0.2) is 36.5 Å². The van der Waals surface area contributed by atoms with Crippen LogP contribution in [0.5, 0.6) is 5.75 Å². The summed E-state index contributed by atoms with van der Waals surface area (Å²) >= 11 is 0. The molecule has 0 aromatic heterocycles. The molecule has 2 aliphatic heterocycles. The number of allylic oxidation sites excluding steroid dienone is 1. The molecule has 1 aliphatic carbocycles. The second kappa shape index (κ2) is 11.1. The Morgan fingerprint density at radius 1 is 1.14 bits per heavy atom. The largest absolute Gasteiger partial charge is 0.465 e. The third-order valence-corrected chi connectivity index (χ3v) is 8.42. The van der Waals surface area contributed by atoms with Crippen molar-refractivity contribution in [1.82, 2.24) is 10.6 Å². The van der Waals surface area contributed by atoms with Gasteiger partial charge in [-0.15, -0.1) is 0 Å². The van der Waals surface area contributed by atoms with Gasteiger partial charge in [0.1, 0.15) is 11.8 Å². The lowest BCUT2D eigenvalue weighted by atomic mass is 9.62. The van der Waals surface area contributed by atoms with E-state index in [0.717, 1.165) is 19.4 Å². The van der Waals surface area contributed by atoms with E-state index < -0.39 is 12.3 Å². The Kier molecular flexibility index (Phi) is 8.17. The summed E-state index contributed by atoms with van der Waals surface area (Å²) < 4.78 is 12.0. The fourth-order valence-electron chi connectivity index (χ4n) is 6.10. The third kappa shape index (κ3) is 6.07. The summed E-state index contributed by atoms with van der Waals surface area (Å²) in [6.07, 6.45) is 5.08. The number of fused-ring (bicyclic) bond motifs is 1. The molecule has 0 radical (unpaired) electrons. The van der Waals surface area contributed by atoms with Crippen LogP contribution in [0, 0.1) is 29.6 Å². The van der Waals surface area contributed by atoms with Gasteiger partial charge in [-0.3, -0.25) is 9.59 Å². The number of nitrogens with one attached hydrogen (secondary N) is 2. The standard InChI is InChI=1S/C28H40N2O5/c1-16-5-12-23(24-15-34-18(3)7-13-22(16)24)19(4)28(33)35-21-10-8-20(9-11-21)26(31)30-25-14-6-17(2)29-27(25)32/h8-11,16,18-19,22-25,28,33H,2,5-7,12-15H2,1,3-4H3,(H,29,32)(H,30,31)/t16-,18?,19-,22+,23+,24?,25+,28-/m1/s1. The number of benzene rings is 1. The summed E-state index contributed by atoms with van der Waals surface area (Å²) in [5.74, 6) is 2.04. The van der Waals surface area contributed by atoms with Gasteiger partial charge in [-0.2, -0.15) is 0 Å². The molecule has 1 aromatic rings. The van der Waals surface area contributed by atoms with Crippen molar-refractivity contribution in [2.24, 2.45) is 29.6 Å². The van der Waals surface area contributed by atoms with Crippen molar-refractivity contribution >= 4 is 11.8 Å². The monoisotopic (exact) mass is 484 g/mol. The molecule has 4 rings (SSSR count). The maximum atomic E-state index is 12.6. The van der Waals surface area contributed by atoms with E-state index in [-0.39, 0.29) is 17.7 Å². The Labute approximate surface area is 208 Å². The van der Waals surface area contributed by atoms with Gasteiger partial charge in [0, 0.05) is 17.2 Å². The summed E-state index contributed by atoms with van der Waals surface area (Å²) in [4.78, 5) is 24.6. The first kappa shape index (κ1) is 25.7. The van der Waals surface area contributed by atoms with Crippen molar-refractivity contribution < 1.29 is 24.2 Å². The smallest absolute Gasteiger partial charge is 0.251 e. The number of piperidine rings is 1. The van der Waals surface area contributed by atoms with Crippen molar-refractivity contribution in [3.63, 3.8) is 0 Å². The fourth-order valence-corrected chi connectivity index (χ4v) is 6.10. The van der Waals surface area contributed by atoms with Gasteiger partial charge in [-0.25, -0.2) is 0 Å². The van der Waals surface area contributed by atoms with Crippen molar-refractivity contribution in [1.29, 1.82) is 0 Å². The number of amides is 2. The predicted octanol–water partition coefficient (Wildman–Crippen LogP) is 4.02. The molecular formula is C28H40N2O5. The van der Waals surface area contributed by atoms with Crippen LogP contribution in [0.25, 0.3) is 0 Å². The minimum atomic E-state index is -0.937. The van der Waals surface area contributed by atoms with Gasteiger partial charge in [-0.1, -0.05) is 26.8 Å². The summed E-state index contributed by atoms with van der Waals surface area (Å²) in [6.45, 7) is 11.1. The fraction of sp³-hybridized carbons (Fsp3) is 0.643. The molecule has 7 nitrogen and oxygen atoms in total. The Balaban J connectivity index is 1.34. The van der Waals surface area contributed by atoms with Crippen LogP contribution in [0.3, 0.4) is 0 Å². The summed E-state index contributed by atoms with van der Waals surface area (Å²) in [5.41, 5.74) is 1.11. The van der Waals surface area contributed by atoms with Crippen LogP contribution in [0.1, 0.15) is 69.7 Å². The van der Waals surface area contributed by atoms with Crippen LogP contribution in [-0.2, 0) is 9.53 Å².